The SMILES string of the molecule is CC(NC(c1ccccc1)c1ccccc1C1SC(=O)NC1=O)c1cccc(F)c1. The third kappa shape index (κ3) is 4.30. The summed E-state index contributed by atoms with van der Waals surface area (Å²) in [4.78, 5) is 24.1. The molecule has 0 radical (unpaired) electrons. The van der Waals surface area contributed by atoms with Crippen LogP contribution in [0.15, 0.2) is 78.9 Å². The molecule has 6 heteroatoms. The van der Waals surface area contributed by atoms with Crippen molar-refractivity contribution in [3.05, 3.63) is 107 Å². The second kappa shape index (κ2) is 8.81. The molecular formula is C24H21FN2O2S. The fraction of sp³-hybridized carbons (Fsp3) is 0.167. The van der Waals surface area contributed by atoms with E-state index >= 15 is 0 Å². The molecule has 1 aliphatic rings. The van der Waals surface area contributed by atoms with Gasteiger partial charge in [-0.1, -0.05) is 66.7 Å². The van der Waals surface area contributed by atoms with Crippen LogP contribution in [0.2, 0.25) is 0 Å². The molecule has 0 saturated carbocycles. The zero-order valence-corrected chi connectivity index (χ0v) is 17.2. The van der Waals surface area contributed by atoms with Crippen molar-refractivity contribution in [1.82, 2.24) is 10.6 Å². The van der Waals surface area contributed by atoms with E-state index in [0.717, 1.165) is 34.0 Å². The predicted molar refractivity (Wildman–Crippen MR) is 117 cm³/mol. The van der Waals surface area contributed by atoms with Crippen molar-refractivity contribution < 1.29 is 14.0 Å². The molecule has 152 valence electrons. The highest BCUT2D eigenvalue weighted by Gasteiger charge is 2.35. The van der Waals surface area contributed by atoms with E-state index in [4.69, 9.17) is 0 Å². The Morgan fingerprint density at radius 3 is 2.33 bits per heavy atom. The van der Waals surface area contributed by atoms with Crippen LogP contribution in [-0.2, 0) is 4.79 Å². The van der Waals surface area contributed by atoms with Gasteiger partial charge in [0.2, 0.25) is 5.91 Å². The first-order valence-corrected chi connectivity index (χ1v) is 10.6. The van der Waals surface area contributed by atoms with Crippen LogP contribution in [0.1, 0.15) is 46.5 Å². The molecule has 0 spiro atoms. The Morgan fingerprint density at radius 1 is 0.933 bits per heavy atom. The van der Waals surface area contributed by atoms with Crippen molar-refractivity contribution >= 4 is 22.9 Å². The molecule has 1 aliphatic heterocycles. The Kier molecular flexibility index (Phi) is 5.97. The van der Waals surface area contributed by atoms with Crippen molar-refractivity contribution in [2.75, 3.05) is 0 Å². The topological polar surface area (TPSA) is 58.2 Å². The maximum atomic E-state index is 13.8. The summed E-state index contributed by atoms with van der Waals surface area (Å²) < 4.78 is 13.8. The lowest BCUT2D eigenvalue weighted by Gasteiger charge is -2.27. The standard InChI is InChI=1S/C24H21FN2O2S/c1-15(17-10-7-11-18(25)14-17)26-21(16-8-3-2-4-9-16)19-12-5-6-13-20(19)22-23(28)27-24(29)30-22/h2-15,21-22,26H,1H3,(H,27,28,29). The maximum absolute atomic E-state index is 13.8. The van der Waals surface area contributed by atoms with E-state index in [-0.39, 0.29) is 29.0 Å². The van der Waals surface area contributed by atoms with Gasteiger partial charge in [-0.15, -0.1) is 0 Å². The van der Waals surface area contributed by atoms with E-state index < -0.39 is 5.25 Å². The van der Waals surface area contributed by atoms with Gasteiger partial charge in [0.15, 0.2) is 0 Å². The molecule has 3 aromatic carbocycles. The van der Waals surface area contributed by atoms with Crippen molar-refractivity contribution in [2.24, 2.45) is 0 Å². The van der Waals surface area contributed by atoms with Gasteiger partial charge < -0.3 is 0 Å². The summed E-state index contributed by atoms with van der Waals surface area (Å²) in [5.74, 6) is -0.585. The summed E-state index contributed by atoms with van der Waals surface area (Å²) in [6.45, 7) is 1.98. The highest BCUT2D eigenvalue weighted by molar-refractivity contribution is 8.15. The normalized spacial score (nSPS) is 18.1. The van der Waals surface area contributed by atoms with E-state index in [9.17, 15) is 14.0 Å². The Balaban J connectivity index is 1.75. The number of hydrogen-bond acceptors (Lipinski definition) is 4. The van der Waals surface area contributed by atoms with E-state index in [1.165, 1.54) is 12.1 Å². The molecule has 1 heterocycles. The summed E-state index contributed by atoms with van der Waals surface area (Å²) in [6.07, 6.45) is 0. The van der Waals surface area contributed by atoms with E-state index in [1.807, 2.05) is 67.6 Å². The predicted octanol–water partition coefficient (Wildman–Crippen LogP) is 5.29. The van der Waals surface area contributed by atoms with Gasteiger partial charge in [0.1, 0.15) is 11.1 Å². The van der Waals surface area contributed by atoms with Crippen LogP contribution in [0.3, 0.4) is 0 Å². The zero-order chi connectivity index (χ0) is 21.1. The summed E-state index contributed by atoms with van der Waals surface area (Å²) in [5.41, 5.74) is 3.55. The molecule has 0 bridgehead atoms. The number of hydrogen-bond donors (Lipinski definition) is 2. The minimum atomic E-state index is -0.591. The van der Waals surface area contributed by atoms with Gasteiger partial charge in [-0.3, -0.25) is 20.2 Å². The Bertz CT molecular complexity index is 1070. The Morgan fingerprint density at radius 2 is 1.63 bits per heavy atom. The van der Waals surface area contributed by atoms with Gasteiger partial charge in [0.05, 0.1) is 6.04 Å². The highest BCUT2D eigenvalue weighted by atomic mass is 32.2. The Labute approximate surface area is 178 Å². The molecule has 4 rings (SSSR count). The number of rotatable bonds is 6. The number of halogens is 1. The lowest BCUT2D eigenvalue weighted by atomic mass is 9.91. The first-order chi connectivity index (χ1) is 14.5. The van der Waals surface area contributed by atoms with Crippen LogP contribution in [-0.4, -0.2) is 11.1 Å². The molecule has 0 aliphatic carbocycles. The molecule has 0 aromatic heterocycles. The lowest BCUT2D eigenvalue weighted by Crippen LogP contribution is -2.28. The summed E-state index contributed by atoms with van der Waals surface area (Å²) in [6, 6.07) is 23.7. The average molecular weight is 421 g/mol. The molecule has 30 heavy (non-hydrogen) atoms. The van der Waals surface area contributed by atoms with Gasteiger partial charge in [0.25, 0.3) is 5.24 Å². The van der Waals surface area contributed by atoms with Gasteiger partial charge in [-0.05, 0) is 53.1 Å². The van der Waals surface area contributed by atoms with Crippen molar-refractivity contribution in [3.63, 3.8) is 0 Å². The summed E-state index contributed by atoms with van der Waals surface area (Å²) in [5, 5.41) is 5.03. The molecule has 4 nitrogen and oxygen atoms in total. The van der Waals surface area contributed by atoms with E-state index in [0.29, 0.717) is 0 Å². The number of benzene rings is 3. The zero-order valence-electron chi connectivity index (χ0n) is 16.3. The van der Waals surface area contributed by atoms with Crippen molar-refractivity contribution in [3.8, 4) is 0 Å². The number of carbonyl (C=O) groups is 2. The lowest BCUT2D eigenvalue weighted by molar-refractivity contribution is -0.119. The maximum Gasteiger partial charge on any atom is 0.286 e. The summed E-state index contributed by atoms with van der Waals surface area (Å²) in [7, 11) is 0. The quantitative estimate of drug-likeness (QED) is 0.569. The third-order valence-electron chi connectivity index (χ3n) is 5.18. The third-order valence-corrected chi connectivity index (χ3v) is 6.20. The molecular weight excluding hydrogens is 399 g/mol. The van der Waals surface area contributed by atoms with E-state index in [2.05, 4.69) is 10.6 Å². The van der Waals surface area contributed by atoms with Crippen LogP contribution >= 0.6 is 11.8 Å². The van der Waals surface area contributed by atoms with Gasteiger partial charge in [-0.25, -0.2) is 4.39 Å². The molecule has 1 fully saturated rings. The van der Waals surface area contributed by atoms with Crippen LogP contribution in [0.5, 0.6) is 0 Å². The number of imide groups is 1. The first-order valence-electron chi connectivity index (χ1n) is 9.69. The second-order valence-corrected chi connectivity index (χ2v) is 8.27. The van der Waals surface area contributed by atoms with Gasteiger partial charge >= 0.3 is 0 Å². The highest BCUT2D eigenvalue weighted by Crippen LogP contribution is 2.39. The first kappa shape index (κ1) is 20.3. The summed E-state index contributed by atoms with van der Waals surface area (Å²) >= 11 is 0.994. The van der Waals surface area contributed by atoms with Crippen molar-refractivity contribution in [2.45, 2.75) is 24.3 Å². The molecule has 3 aromatic rings. The smallest absolute Gasteiger partial charge is 0.286 e. The molecule has 3 unspecified atom stereocenters. The van der Waals surface area contributed by atoms with Gasteiger partial charge in [0, 0.05) is 6.04 Å². The van der Waals surface area contributed by atoms with Crippen molar-refractivity contribution in [1.29, 1.82) is 0 Å². The number of carbonyl (C=O) groups excluding carboxylic acids is 2. The number of thioether (sulfide) groups is 1. The molecule has 1 saturated heterocycles. The van der Waals surface area contributed by atoms with Crippen LogP contribution in [0.4, 0.5) is 9.18 Å². The monoisotopic (exact) mass is 420 g/mol. The van der Waals surface area contributed by atoms with Crippen LogP contribution in [0.25, 0.3) is 0 Å². The number of nitrogens with one attached hydrogen (secondary N) is 2. The van der Waals surface area contributed by atoms with Crippen LogP contribution in [0, 0.1) is 5.82 Å². The minimum absolute atomic E-state index is 0.148. The largest absolute Gasteiger partial charge is 0.300 e. The fourth-order valence-corrected chi connectivity index (χ4v) is 4.59. The molecule has 2 amide bonds. The second-order valence-electron chi connectivity index (χ2n) is 7.19. The fourth-order valence-electron chi connectivity index (χ4n) is 3.71. The minimum Gasteiger partial charge on any atom is -0.300 e. The van der Waals surface area contributed by atoms with Crippen LogP contribution < -0.4 is 10.6 Å². The molecule has 2 N–H and O–H groups in total. The van der Waals surface area contributed by atoms with E-state index in [1.54, 1.807) is 6.07 Å². The number of amides is 2. The Hall–Kier alpha value is -2.96. The van der Waals surface area contributed by atoms with Gasteiger partial charge in [-0.2, -0.15) is 0 Å². The molecule has 3 atom stereocenters. The average Bonchev–Trinajstić information content (AvgIpc) is 3.10.